The Morgan fingerprint density at radius 2 is 2.38 bits per heavy atom. The number of nitrogens with zero attached hydrogens (tertiary/aromatic N) is 4. The highest BCUT2D eigenvalue weighted by molar-refractivity contribution is 5.91. The van der Waals surface area contributed by atoms with Gasteiger partial charge in [0.15, 0.2) is 5.82 Å². The Morgan fingerprint density at radius 3 is 3.17 bits per heavy atom. The van der Waals surface area contributed by atoms with Crippen molar-refractivity contribution in [3.63, 3.8) is 0 Å². The number of rotatable bonds is 4. The lowest BCUT2D eigenvalue weighted by atomic mass is 9.89. The standard InChI is InChI=1S/C16H20N6O2/c23-16(21-15-8-17-2-3-18-15)12-5-14-13(1-4-24-14)22(10-12)9-11-6-19-20-7-11/h2-3,6-8,12-14H,1,4-5,9-10H2,(H,19,20)(H,18,21,23)/t12-,13+,14+/m0/s1. The lowest BCUT2D eigenvalue weighted by molar-refractivity contribution is -0.124. The summed E-state index contributed by atoms with van der Waals surface area (Å²) in [5.41, 5.74) is 1.12. The number of nitrogens with one attached hydrogen (secondary N) is 2. The summed E-state index contributed by atoms with van der Waals surface area (Å²) >= 11 is 0. The van der Waals surface area contributed by atoms with Crippen molar-refractivity contribution in [1.29, 1.82) is 0 Å². The highest BCUT2D eigenvalue weighted by Gasteiger charge is 2.42. The van der Waals surface area contributed by atoms with Gasteiger partial charge in [0.05, 0.1) is 24.4 Å². The number of hydrogen-bond donors (Lipinski definition) is 2. The molecule has 24 heavy (non-hydrogen) atoms. The van der Waals surface area contributed by atoms with E-state index < -0.39 is 0 Å². The zero-order valence-corrected chi connectivity index (χ0v) is 13.3. The number of likely N-dealkylation sites (tertiary alicyclic amines) is 1. The van der Waals surface area contributed by atoms with Crippen molar-refractivity contribution < 1.29 is 9.53 Å². The molecule has 0 unspecified atom stereocenters. The van der Waals surface area contributed by atoms with Crippen LogP contribution in [0.2, 0.25) is 0 Å². The van der Waals surface area contributed by atoms with Crippen LogP contribution in [0.3, 0.4) is 0 Å². The fourth-order valence-electron chi connectivity index (χ4n) is 3.62. The van der Waals surface area contributed by atoms with Crippen LogP contribution < -0.4 is 5.32 Å². The van der Waals surface area contributed by atoms with Crippen LogP contribution >= 0.6 is 0 Å². The number of carbonyl (C=O) groups excluding carboxylic acids is 1. The van der Waals surface area contributed by atoms with Crippen LogP contribution in [-0.2, 0) is 16.1 Å². The first kappa shape index (κ1) is 15.2. The number of hydrogen-bond acceptors (Lipinski definition) is 6. The summed E-state index contributed by atoms with van der Waals surface area (Å²) in [6, 6.07) is 0.375. The van der Waals surface area contributed by atoms with E-state index in [1.807, 2.05) is 12.4 Å². The zero-order valence-electron chi connectivity index (χ0n) is 13.3. The smallest absolute Gasteiger partial charge is 0.230 e. The molecule has 2 aliphatic rings. The van der Waals surface area contributed by atoms with E-state index >= 15 is 0 Å². The Morgan fingerprint density at radius 1 is 1.42 bits per heavy atom. The Labute approximate surface area is 139 Å². The molecule has 126 valence electrons. The van der Waals surface area contributed by atoms with Crippen molar-refractivity contribution in [3.05, 3.63) is 36.5 Å². The van der Waals surface area contributed by atoms with E-state index in [1.165, 1.54) is 0 Å². The number of piperidine rings is 1. The maximum Gasteiger partial charge on any atom is 0.230 e. The summed E-state index contributed by atoms with van der Waals surface area (Å²) in [6.07, 6.45) is 10.3. The van der Waals surface area contributed by atoms with Gasteiger partial charge in [-0.05, 0) is 12.8 Å². The number of aromatic amines is 1. The third-order valence-corrected chi connectivity index (χ3v) is 4.74. The average Bonchev–Trinajstić information content (AvgIpc) is 3.27. The second-order valence-electron chi connectivity index (χ2n) is 6.31. The fourth-order valence-corrected chi connectivity index (χ4v) is 3.62. The molecule has 1 amide bonds. The molecule has 4 heterocycles. The molecule has 0 aliphatic carbocycles. The Kier molecular flexibility index (Phi) is 4.22. The van der Waals surface area contributed by atoms with Crippen molar-refractivity contribution in [1.82, 2.24) is 25.1 Å². The maximum absolute atomic E-state index is 12.6. The SMILES string of the molecule is O=C(Nc1cnccn1)[C@H]1C[C@H]2OCC[C@H]2N(Cc2cn[nH]c2)C1. The van der Waals surface area contributed by atoms with Gasteiger partial charge in [-0.2, -0.15) is 5.10 Å². The van der Waals surface area contributed by atoms with Gasteiger partial charge in [-0.15, -0.1) is 0 Å². The largest absolute Gasteiger partial charge is 0.377 e. The Hall–Kier alpha value is -2.32. The number of aromatic nitrogens is 4. The second kappa shape index (κ2) is 6.66. The number of amides is 1. The zero-order chi connectivity index (χ0) is 16.4. The van der Waals surface area contributed by atoms with Gasteiger partial charge in [0.25, 0.3) is 0 Å². The third-order valence-electron chi connectivity index (χ3n) is 4.74. The molecule has 2 aliphatic heterocycles. The first-order chi connectivity index (χ1) is 11.8. The molecule has 4 rings (SSSR count). The highest BCUT2D eigenvalue weighted by Crippen LogP contribution is 2.32. The maximum atomic E-state index is 12.6. The second-order valence-corrected chi connectivity index (χ2v) is 6.31. The van der Waals surface area contributed by atoms with E-state index in [1.54, 1.807) is 18.6 Å². The normalized spacial score (nSPS) is 26.9. The highest BCUT2D eigenvalue weighted by atomic mass is 16.5. The Balaban J connectivity index is 1.46. The number of anilines is 1. The van der Waals surface area contributed by atoms with Gasteiger partial charge in [0, 0.05) is 49.9 Å². The molecule has 2 aromatic heterocycles. The third kappa shape index (κ3) is 3.15. The first-order valence-electron chi connectivity index (χ1n) is 8.20. The molecular formula is C16H20N6O2. The minimum Gasteiger partial charge on any atom is -0.377 e. The number of H-pyrrole nitrogens is 1. The van der Waals surface area contributed by atoms with Gasteiger partial charge >= 0.3 is 0 Å². The molecule has 2 N–H and O–H groups in total. The number of fused-ring (bicyclic) bond motifs is 1. The van der Waals surface area contributed by atoms with Crippen LogP contribution in [0, 0.1) is 5.92 Å². The summed E-state index contributed by atoms with van der Waals surface area (Å²) in [5, 5.41) is 9.71. The van der Waals surface area contributed by atoms with E-state index in [9.17, 15) is 4.79 Å². The van der Waals surface area contributed by atoms with Crippen LogP contribution in [0.25, 0.3) is 0 Å². The van der Waals surface area contributed by atoms with E-state index in [0.29, 0.717) is 18.4 Å². The van der Waals surface area contributed by atoms with Crippen LogP contribution in [0.5, 0.6) is 0 Å². The minimum atomic E-state index is -0.127. The van der Waals surface area contributed by atoms with Crippen molar-refractivity contribution >= 4 is 11.7 Å². The molecule has 2 saturated heterocycles. The summed E-state index contributed by atoms with van der Waals surface area (Å²) in [5.74, 6) is 0.332. The topological polar surface area (TPSA) is 96.0 Å². The van der Waals surface area contributed by atoms with Crippen LogP contribution in [-0.4, -0.2) is 56.3 Å². The van der Waals surface area contributed by atoms with Crippen molar-refractivity contribution in [2.24, 2.45) is 5.92 Å². The average molecular weight is 328 g/mol. The molecule has 8 nitrogen and oxygen atoms in total. The predicted molar refractivity (Wildman–Crippen MR) is 85.9 cm³/mol. The number of ether oxygens (including phenoxy) is 1. The van der Waals surface area contributed by atoms with Gasteiger partial charge in [-0.1, -0.05) is 0 Å². The molecule has 0 radical (unpaired) electrons. The molecule has 0 saturated carbocycles. The molecule has 0 spiro atoms. The molecule has 0 bridgehead atoms. The lowest BCUT2D eigenvalue weighted by Crippen LogP contribution is -2.51. The van der Waals surface area contributed by atoms with Gasteiger partial charge in [-0.25, -0.2) is 4.98 Å². The van der Waals surface area contributed by atoms with E-state index in [-0.39, 0.29) is 17.9 Å². The van der Waals surface area contributed by atoms with E-state index in [4.69, 9.17) is 4.74 Å². The van der Waals surface area contributed by atoms with Crippen LogP contribution in [0.15, 0.2) is 31.0 Å². The molecule has 8 heteroatoms. The van der Waals surface area contributed by atoms with Crippen LogP contribution in [0.4, 0.5) is 5.82 Å². The van der Waals surface area contributed by atoms with Crippen molar-refractivity contribution in [2.75, 3.05) is 18.5 Å². The summed E-state index contributed by atoms with van der Waals surface area (Å²) in [7, 11) is 0. The van der Waals surface area contributed by atoms with Crippen molar-refractivity contribution in [3.8, 4) is 0 Å². The van der Waals surface area contributed by atoms with Crippen molar-refractivity contribution in [2.45, 2.75) is 31.5 Å². The minimum absolute atomic E-state index is 0.0263. The van der Waals surface area contributed by atoms with Gasteiger partial charge < -0.3 is 10.1 Å². The monoisotopic (exact) mass is 328 g/mol. The molecule has 2 fully saturated rings. The van der Waals surface area contributed by atoms with E-state index in [0.717, 1.165) is 31.6 Å². The summed E-state index contributed by atoms with van der Waals surface area (Å²) < 4.78 is 5.86. The quantitative estimate of drug-likeness (QED) is 0.862. The first-order valence-corrected chi connectivity index (χ1v) is 8.20. The Bertz CT molecular complexity index is 677. The molecule has 3 atom stereocenters. The predicted octanol–water partition coefficient (Wildman–Crippen LogP) is 0.818. The summed E-state index contributed by atoms with van der Waals surface area (Å²) in [6.45, 7) is 2.24. The molecule has 0 aromatic carbocycles. The van der Waals surface area contributed by atoms with E-state index in [2.05, 4.69) is 30.4 Å². The van der Waals surface area contributed by atoms with Gasteiger partial charge in [-0.3, -0.25) is 19.8 Å². The van der Waals surface area contributed by atoms with Gasteiger partial charge in [0.1, 0.15) is 0 Å². The lowest BCUT2D eigenvalue weighted by Gasteiger charge is -2.40. The molecule has 2 aromatic rings. The number of carbonyl (C=O) groups is 1. The fraction of sp³-hybridized carbons (Fsp3) is 0.500. The summed E-state index contributed by atoms with van der Waals surface area (Å²) in [4.78, 5) is 23.1. The molecular weight excluding hydrogens is 308 g/mol. The van der Waals surface area contributed by atoms with Gasteiger partial charge in [0.2, 0.25) is 5.91 Å². The van der Waals surface area contributed by atoms with Crippen LogP contribution in [0.1, 0.15) is 18.4 Å².